The Hall–Kier alpha value is -1.61. The van der Waals surface area contributed by atoms with Gasteiger partial charge in [-0.15, -0.1) is 0 Å². The number of nitrogens with one attached hydrogen (secondary N) is 1. The van der Waals surface area contributed by atoms with E-state index < -0.39 is 0 Å². The van der Waals surface area contributed by atoms with E-state index in [4.69, 9.17) is 11.6 Å². The highest BCUT2D eigenvalue weighted by atomic mass is 35.5. The van der Waals surface area contributed by atoms with Crippen molar-refractivity contribution >= 4 is 17.3 Å². The second-order valence-corrected chi connectivity index (χ2v) is 4.63. The van der Waals surface area contributed by atoms with Gasteiger partial charge in [-0.2, -0.15) is 0 Å². The van der Waals surface area contributed by atoms with Crippen LogP contribution in [0.15, 0.2) is 36.5 Å². The van der Waals surface area contributed by atoms with Crippen LogP contribution in [0.3, 0.4) is 0 Å². The van der Waals surface area contributed by atoms with E-state index in [9.17, 15) is 4.39 Å². The summed E-state index contributed by atoms with van der Waals surface area (Å²) in [7, 11) is 0. The molecule has 18 heavy (non-hydrogen) atoms. The maximum atomic E-state index is 13.0. The second kappa shape index (κ2) is 5.36. The van der Waals surface area contributed by atoms with Gasteiger partial charge >= 0.3 is 0 Å². The molecule has 2 nitrogen and oxygen atoms in total. The van der Waals surface area contributed by atoms with Crippen molar-refractivity contribution in [1.29, 1.82) is 0 Å². The van der Waals surface area contributed by atoms with Crippen molar-refractivity contribution in [3.63, 3.8) is 0 Å². The first-order chi connectivity index (χ1) is 8.56. The van der Waals surface area contributed by atoms with Crippen LogP contribution < -0.4 is 5.32 Å². The summed E-state index contributed by atoms with van der Waals surface area (Å²) in [4.78, 5) is 4.21. The number of rotatable bonds is 3. The molecule has 0 fully saturated rings. The minimum Gasteiger partial charge on any atom is -0.377 e. The summed E-state index contributed by atoms with van der Waals surface area (Å²) in [6.45, 7) is 3.91. The monoisotopic (exact) mass is 264 g/mol. The molecule has 2 aromatic rings. The fourth-order valence-corrected chi connectivity index (χ4v) is 2.06. The number of aryl methyl sites for hydroxylation is 1. The predicted molar refractivity (Wildman–Crippen MR) is 72.4 cm³/mol. The summed E-state index contributed by atoms with van der Waals surface area (Å²) in [6, 6.07) is 8.30. The molecule has 0 aliphatic carbocycles. The topological polar surface area (TPSA) is 24.9 Å². The van der Waals surface area contributed by atoms with Gasteiger partial charge in [0, 0.05) is 10.7 Å². The molecule has 1 unspecified atom stereocenters. The second-order valence-electron chi connectivity index (χ2n) is 4.22. The molecule has 1 atom stereocenters. The van der Waals surface area contributed by atoms with E-state index in [0.717, 1.165) is 16.9 Å². The van der Waals surface area contributed by atoms with Gasteiger partial charge in [-0.05, 0) is 43.7 Å². The van der Waals surface area contributed by atoms with Crippen LogP contribution in [0, 0.1) is 12.7 Å². The summed E-state index contributed by atoms with van der Waals surface area (Å²) >= 11 is 6.02. The van der Waals surface area contributed by atoms with E-state index in [0.29, 0.717) is 5.02 Å². The minimum atomic E-state index is -0.326. The lowest BCUT2D eigenvalue weighted by atomic mass is 10.1. The summed E-state index contributed by atoms with van der Waals surface area (Å²) in [5.41, 5.74) is 2.74. The Morgan fingerprint density at radius 2 is 2.06 bits per heavy atom. The number of halogens is 2. The maximum Gasteiger partial charge on any atom is 0.124 e. The summed E-state index contributed by atoms with van der Waals surface area (Å²) in [5, 5.41) is 3.70. The number of anilines is 1. The lowest BCUT2D eigenvalue weighted by molar-refractivity contribution is 0.626. The van der Waals surface area contributed by atoms with E-state index >= 15 is 0 Å². The average molecular weight is 265 g/mol. The molecule has 1 N–H and O–H groups in total. The summed E-state index contributed by atoms with van der Waals surface area (Å²) < 4.78 is 13.0. The highest BCUT2D eigenvalue weighted by Crippen LogP contribution is 2.26. The Kier molecular flexibility index (Phi) is 3.82. The molecular weight excluding hydrogens is 251 g/mol. The van der Waals surface area contributed by atoms with Crippen molar-refractivity contribution in [2.75, 3.05) is 5.32 Å². The first-order valence-corrected chi connectivity index (χ1v) is 6.08. The number of hydrogen-bond acceptors (Lipinski definition) is 2. The van der Waals surface area contributed by atoms with Crippen molar-refractivity contribution in [3.05, 3.63) is 58.6 Å². The van der Waals surface area contributed by atoms with Crippen LogP contribution in [-0.2, 0) is 0 Å². The molecule has 94 valence electrons. The molecule has 0 spiro atoms. The molecule has 0 bridgehead atoms. The molecule has 0 aliphatic rings. The van der Waals surface area contributed by atoms with Crippen LogP contribution >= 0.6 is 11.6 Å². The Bertz CT molecular complexity index is 540. The third-order valence-electron chi connectivity index (χ3n) is 2.72. The van der Waals surface area contributed by atoms with Crippen LogP contribution in [0.1, 0.15) is 24.2 Å². The first-order valence-electron chi connectivity index (χ1n) is 5.70. The van der Waals surface area contributed by atoms with Gasteiger partial charge in [0.1, 0.15) is 5.82 Å². The van der Waals surface area contributed by atoms with Crippen molar-refractivity contribution in [3.8, 4) is 0 Å². The molecule has 0 aliphatic heterocycles. The summed E-state index contributed by atoms with van der Waals surface area (Å²) in [5.74, 6) is -0.326. The van der Waals surface area contributed by atoms with Gasteiger partial charge in [-0.1, -0.05) is 17.7 Å². The summed E-state index contributed by atoms with van der Waals surface area (Å²) in [6.07, 6.45) is 1.77. The quantitative estimate of drug-likeness (QED) is 0.891. The molecule has 0 saturated carbocycles. The number of hydrogen-bond donors (Lipinski definition) is 1. The smallest absolute Gasteiger partial charge is 0.124 e. The van der Waals surface area contributed by atoms with E-state index in [1.807, 2.05) is 26.0 Å². The van der Waals surface area contributed by atoms with Gasteiger partial charge in [-0.25, -0.2) is 4.39 Å². The fourth-order valence-electron chi connectivity index (χ4n) is 1.73. The van der Waals surface area contributed by atoms with Crippen molar-refractivity contribution in [1.82, 2.24) is 4.98 Å². The number of benzene rings is 1. The number of pyridine rings is 1. The van der Waals surface area contributed by atoms with Crippen LogP contribution in [0.5, 0.6) is 0 Å². The lowest BCUT2D eigenvalue weighted by Crippen LogP contribution is -2.07. The molecule has 1 heterocycles. The number of nitrogens with zero attached hydrogens (tertiary/aromatic N) is 1. The molecular formula is C14H14ClFN2. The van der Waals surface area contributed by atoms with Crippen LogP contribution in [-0.4, -0.2) is 4.98 Å². The van der Waals surface area contributed by atoms with Crippen LogP contribution in [0.25, 0.3) is 0 Å². The van der Waals surface area contributed by atoms with E-state index in [1.54, 1.807) is 12.3 Å². The first kappa shape index (κ1) is 12.8. The van der Waals surface area contributed by atoms with Gasteiger partial charge in [0.15, 0.2) is 0 Å². The van der Waals surface area contributed by atoms with Gasteiger partial charge in [0.05, 0.1) is 17.9 Å². The number of aromatic nitrogens is 1. The molecule has 1 aromatic carbocycles. The van der Waals surface area contributed by atoms with E-state index in [1.165, 1.54) is 12.1 Å². The third-order valence-corrected chi connectivity index (χ3v) is 3.05. The molecule has 0 saturated heterocycles. The molecule has 2 rings (SSSR count). The SMILES string of the molecule is Cc1ccc(NC(C)c2ccc(F)cc2Cl)cn1. The van der Waals surface area contributed by atoms with Gasteiger partial charge in [0.2, 0.25) is 0 Å². The van der Waals surface area contributed by atoms with Crippen LogP contribution in [0.4, 0.5) is 10.1 Å². The highest BCUT2D eigenvalue weighted by molar-refractivity contribution is 6.31. The molecule has 1 aromatic heterocycles. The standard InChI is InChI=1S/C14H14ClFN2/c1-9-3-5-12(8-17-9)18-10(2)13-6-4-11(16)7-14(13)15/h3-8,10,18H,1-2H3. The predicted octanol–water partition coefficient (Wildman–Crippen LogP) is 4.36. The lowest BCUT2D eigenvalue weighted by Gasteiger charge is -2.16. The highest BCUT2D eigenvalue weighted by Gasteiger charge is 2.10. The zero-order valence-electron chi connectivity index (χ0n) is 10.2. The Morgan fingerprint density at radius 1 is 1.28 bits per heavy atom. The normalized spacial score (nSPS) is 12.2. The Labute approximate surface area is 111 Å². The van der Waals surface area contributed by atoms with Gasteiger partial charge in [-0.3, -0.25) is 4.98 Å². The largest absolute Gasteiger partial charge is 0.377 e. The Morgan fingerprint density at radius 3 is 2.67 bits per heavy atom. The maximum absolute atomic E-state index is 13.0. The van der Waals surface area contributed by atoms with Crippen LogP contribution in [0.2, 0.25) is 5.02 Å². The molecule has 0 amide bonds. The fraction of sp³-hybridized carbons (Fsp3) is 0.214. The zero-order valence-corrected chi connectivity index (χ0v) is 11.0. The van der Waals surface area contributed by atoms with E-state index in [-0.39, 0.29) is 11.9 Å². The van der Waals surface area contributed by atoms with Crippen molar-refractivity contribution in [2.24, 2.45) is 0 Å². The average Bonchev–Trinajstić information content (AvgIpc) is 2.32. The van der Waals surface area contributed by atoms with Crippen molar-refractivity contribution < 1.29 is 4.39 Å². The minimum absolute atomic E-state index is 0.0115. The molecule has 4 heteroatoms. The van der Waals surface area contributed by atoms with Gasteiger partial charge in [0.25, 0.3) is 0 Å². The Balaban J connectivity index is 2.16. The van der Waals surface area contributed by atoms with E-state index in [2.05, 4.69) is 10.3 Å². The van der Waals surface area contributed by atoms with Gasteiger partial charge < -0.3 is 5.32 Å². The van der Waals surface area contributed by atoms with Crippen molar-refractivity contribution in [2.45, 2.75) is 19.9 Å². The zero-order chi connectivity index (χ0) is 13.1. The molecule has 0 radical (unpaired) electrons. The third kappa shape index (κ3) is 2.99.